The zero-order valence-electron chi connectivity index (χ0n) is 32.7. The van der Waals surface area contributed by atoms with Crippen molar-refractivity contribution in [2.45, 2.75) is 0 Å². The van der Waals surface area contributed by atoms with E-state index in [1.807, 2.05) is 121 Å². The maximum Gasteiger partial charge on any atom is 0.284 e. The van der Waals surface area contributed by atoms with Crippen LogP contribution in [0.1, 0.15) is 33.4 Å². The first kappa shape index (κ1) is 36.3. The number of fused-ring (bicyclic) bond motifs is 7. The summed E-state index contributed by atoms with van der Waals surface area (Å²) in [5.41, 5.74) is 14.1. The number of aliphatic hydroxyl groups is 2. The summed E-state index contributed by atoms with van der Waals surface area (Å²) >= 11 is 0. The Morgan fingerprint density at radius 2 is 0.750 bits per heavy atom. The van der Waals surface area contributed by atoms with Gasteiger partial charge in [0.2, 0.25) is 0 Å². The number of methoxy groups -OCH3 is 2. The van der Waals surface area contributed by atoms with Crippen LogP contribution in [0.25, 0.3) is 39.9 Å². The number of nitrogens with zero attached hydrogens (tertiary/aromatic N) is 4. The second-order valence-electron chi connectivity index (χ2n) is 14.4. The molecule has 60 heavy (non-hydrogen) atoms. The van der Waals surface area contributed by atoms with Crippen molar-refractivity contribution in [3.05, 3.63) is 231 Å². The molecule has 5 heterocycles. The third-order valence-electron chi connectivity index (χ3n) is 10.9. The maximum absolute atomic E-state index is 11.2. The van der Waals surface area contributed by atoms with Crippen molar-refractivity contribution in [1.82, 2.24) is 0 Å². The summed E-state index contributed by atoms with van der Waals surface area (Å²) in [4.78, 5) is 21.7. The van der Waals surface area contributed by atoms with E-state index < -0.39 is 0 Å². The maximum atomic E-state index is 11.2. The lowest BCUT2D eigenvalue weighted by atomic mass is 9.90. The van der Waals surface area contributed by atoms with Gasteiger partial charge in [-0.1, -0.05) is 121 Å². The van der Waals surface area contributed by atoms with Crippen LogP contribution in [0.3, 0.4) is 0 Å². The zero-order valence-corrected chi connectivity index (χ0v) is 32.7. The lowest BCUT2D eigenvalue weighted by Crippen LogP contribution is -2.32. The third kappa shape index (κ3) is 6.18. The van der Waals surface area contributed by atoms with Crippen LogP contribution < -0.4 is 10.4 Å². The normalized spacial score (nSPS) is 17.4. The van der Waals surface area contributed by atoms with Gasteiger partial charge in [0.05, 0.1) is 70.3 Å². The first-order valence-corrected chi connectivity index (χ1v) is 19.5. The molecule has 0 fully saturated rings. The van der Waals surface area contributed by atoms with Crippen LogP contribution >= 0.6 is 0 Å². The van der Waals surface area contributed by atoms with Gasteiger partial charge in [-0.2, -0.15) is 0 Å². The fraction of sp³-hybridized carbons (Fsp3) is 0.0385. The monoisotopic (exact) mass is 780 g/mol. The first-order valence-electron chi connectivity index (χ1n) is 19.5. The second kappa shape index (κ2) is 15.0. The van der Waals surface area contributed by atoms with Gasteiger partial charge in [0, 0.05) is 33.4 Å². The topological polar surface area (TPSA) is 108 Å². The van der Waals surface area contributed by atoms with Crippen LogP contribution in [0, 0.1) is 0 Å². The summed E-state index contributed by atoms with van der Waals surface area (Å²) in [5.74, 6) is -0.778. The molecule has 5 aromatic rings. The Kier molecular flexibility index (Phi) is 9.07. The molecule has 5 aliphatic rings. The van der Waals surface area contributed by atoms with Crippen LogP contribution in [-0.4, -0.2) is 47.3 Å². The smallest absolute Gasteiger partial charge is 0.284 e. The van der Waals surface area contributed by atoms with Crippen LogP contribution in [0.5, 0.6) is 0 Å². The fourth-order valence-corrected chi connectivity index (χ4v) is 8.19. The van der Waals surface area contributed by atoms with Crippen molar-refractivity contribution in [2.24, 2.45) is 20.0 Å². The van der Waals surface area contributed by atoms with E-state index >= 15 is 0 Å². The van der Waals surface area contributed by atoms with Crippen LogP contribution in [0.15, 0.2) is 207 Å². The molecule has 5 aliphatic heterocycles. The molecule has 0 amide bonds. The molecule has 0 saturated carbocycles. The third-order valence-corrected chi connectivity index (χ3v) is 10.9. The lowest BCUT2D eigenvalue weighted by Gasteiger charge is -2.13. The number of benzene rings is 5. The minimum Gasteiger partial charge on any atom is -0.481 e. The van der Waals surface area contributed by atoms with E-state index in [1.54, 1.807) is 12.1 Å². The number of hydrogen-bond donors (Lipinski definition) is 2. The molecule has 0 saturated heterocycles. The van der Waals surface area contributed by atoms with Gasteiger partial charge in [-0.05, 0) is 70.8 Å². The minimum absolute atomic E-state index is 0.230. The number of hydrogen-bond acceptors (Lipinski definition) is 8. The van der Waals surface area contributed by atoms with E-state index in [1.165, 1.54) is 14.2 Å². The Labute approximate surface area is 346 Å². The summed E-state index contributed by atoms with van der Waals surface area (Å²) in [6.07, 6.45) is 12.2. The van der Waals surface area contributed by atoms with Gasteiger partial charge in [0.25, 0.3) is 11.9 Å². The van der Waals surface area contributed by atoms with Gasteiger partial charge in [-0.15, -0.1) is 0 Å². The van der Waals surface area contributed by atoms with Gasteiger partial charge in [-0.25, -0.2) is 20.0 Å². The van der Waals surface area contributed by atoms with E-state index in [4.69, 9.17) is 29.4 Å². The number of ether oxygens (including phenoxy) is 2. The molecule has 0 unspecified atom stereocenters. The van der Waals surface area contributed by atoms with Crippen molar-refractivity contribution in [3.63, 3.8) is 0 Å². The molecule has 10 rings (SSSR count). The Balaban J connectivity index is 1.40. The van der Waals surface area contributed by atoms with E-state index in [0.717, 1.165) is 67.4 Å². The predicted molar refractivity (Wildman–Crippen MR) is 241 cm³/mol. The predicted octanol–water partition coefficient (Wildman–Crippen LogP) is 9.18. The zero-order chi connectivity index (χ0) is 40.7. The van der Waals surface area contributed by atoms with Crippen LogP contribution in [0.2, 0.25) is 0 Å². The first-order chi connectivity index (χ1) is 29.5. The van der Waals surface area contributed by atoms with Crippen molar-refractivity contribution < 1.29 is 19.7 Å². The summed E-state index contributed by atoms with van der Waals surface area (Å²) < 4.78 is 10.7. The molecule has 8 nitrogen and oxygen atoms in total. The van der Waals surface area contributed by atoms with Crippen molar-refractivity contribution >= 4 is 62.7 Å². The lowest BCUT2D eigenvalue weighted by molar-refractivity contribution is 0.224. The Bertz CT molecular complexity index is 3130. The highest BCUT2D eigenvalue weighted by Gasteiger charge is 2.33. The van der Waals surface area contributed by atoms with E-state index in [2.05, 4.69) is 36.4 Å². The number of rotatable bonds is 6. The molecule has 5 aromatic carbocycles. The largest absolute Gasteiger partial charge is 0.481 e. The van der Waals surface area contributed by atoms with Gasteiger partial charge < -0.3 is 19.7 Å². The molecule has 0 aromatic heterocycles. The molecule has 0 aliphatic carbocycles. The quantitative estimate of drug-likeness (QED) is 0.179. The number of aliphatic imine (C=N–C) groups is 4. The van der Waals surface area contributed by atoms with Crippen molar-refractivity contribution in [1.29, 1.82) is 0 Å². The van der Waals surface area contributed by atoms with E-state index in [0.29, 0.717) is 33.9 Å². The number of allylic oxidation sites excluding steroid dienone is 10. The average Bonchev–Trinajstić information content (AvgIpc) is 4.14. The second-order valence-corrected chi connectivity index (χ2v) is 14.4. The highest BCUT2D eigenvalue weighted by atomic mass is 16.6. The summed E-state index contributed by atoms with van der Waals surface area (Å²) in [6, 6.07) is 44.1. The van der Waals surface area contributed by atoms with Crippen molar-refractivity contribution in [2.75, 3.05) is 14.2 Å². The molecule has 8 heteroatoms. The standard InChI is InChI=1S/C52H36N4O4/c1-59-51(57)37-29-35-36(30-38(37)52(58)60-2)50-48(34-21-13-6-14-22-34)44-28-26-42(55-44)46(32-17-9-4-10-18-32)40-24-23-39(53-40)45(31-15-7-3-8-16-31)41-25-27-43(54-41)47(49(35)56-50)33-19-11-5-12-20-33/h3-30,57-58H,1-2H3/b45-39?,45-41?,46-40?,46-42?,47-43?,48-44?,49-47?,50-48?,51-37+,52-38+. The summed E-state index contributed by atoms with van der Waals surface area (Å²) in [7, 11) is 2.75. The van der Waals surface area contributed by atoms with E-state index in [-0.39, 0.29) is 22.3 Å². The molecule has 0 atom stereocenters. The SMILES string of the molecule is CO/C(O)=c1\cc2c(c\c1=C(\O)OC)C1=C(c3ccccc3)C3=NC(=C(c4ccccc4)C4=NC(=C(c5ccccc5)C5=NC(=C(c6ccccc6)C2=N1)C=C5)C=C4)C=C3. The Morgan fingerprint density at radius 3 is 1.17 bits per heavy atom. The molecular formula is C52H36N4O4. The number of aliphatic hydroxyl groups excluding tert-OH is 2. The molecule has 288 valence electrons. The molecule has 0 spiro atoms. The Hall–Kier alpha value is -8.10. The van der Waals surface area contributed by atoms with Gasteiger partial charge in [0.1, 0.15) is 0 Å². The highest BCUT2D eigenvalue weighted by molar-refractivity contribution is 6.44. The average molecular weight is 781 g/mol. The van der Waals surface area contributed by atoms with Crippen LogP contribution in [-0.2, 0) is 9.47 Å². The molecular weight excluding hydrogens is 745 g/mol. The molecule has 2 N–H and O–H groups in total. The van der Waals surface area contributed by atoms with Gasteiger partial charge in [0.15, 0.2) is 0 Å². The van der Waals surface area contributed by atoms with E-state index in [9.17, 15) is 10.2 Å². The van der Waals surface area contributed by atoms with Gasteiger partial charge >= 0.3 is 0 Å². The Morgan fingerprint density at radius 1 is 0.400 bits per heavy atom. The molecule has 8 bridgehead atoms. The molecule has 0 radical (unpaired) electrons. The highest BCUT2D eigenvalue weighted by Crippen LogP contribution is 2.43. The fourth-order valence-electron chi connectivity index (χ4n) is 8.19. The minimum atomic E-state index is -0.389. The van der Waals surface area contributed by atoms with Crippen LogP contribution in [0.4, 0.5) is 0 Å². The summed E-state index contributed by atoms with van der Waals surface area (Å²) in [6.45, 7) is 0. The summed E-state index contributed by atoms with van der Waals surface area (Å²) in [5, 5.41) is 22.8. The van der Waals surface area contributed by atoms with Crippen molar-refractivity contribution in [3.8, 4) is 0 Å². The van der Waals surface area contributed by atoms with Gasteiger partial charge in [-0.3, -0.25) is 0 Å².